The van der Waals surface area contributed by atoms with Gasteiger partial charge in [0.05, 0.1) is 6.54 Å². The van der Waals surface area contributed by atoms with Crippen LogP contribution in [0.4, 0.5) is 0 Å². The van der Waals surface area contributed by atoms with Gasteiger partial charge in [0.25, 0.3) is 5.72 Å². The Morgan fingerprint density at radius 3 is 3.08 bits per heavy atom. The number of fused-ring (bicyclic) bond motifs is 1. The van der Waals surface area contributed by atoms with Crippen molar-refractivity contribution in [1.82, 2.24) is 4.90 Å². The summed E-state index contributed by atoms with van der Waals surface area (Å²) < 4.78 is 0. The molecular weight excluding hydrogens is 174 g/mol. The smallest absolute Gasteiger partial charge is 0.361 e. The number of aliphatic hydroxyl groups is 1. The molecule has 0 aromatic carbocycles. The molecule has 2 heterocycles. The molecule has 0 aromatic rings. The summed E-state index contributed by atoms with van der Waals surface area (Å²) >= 11 is 0. The molecule has 0 aromatic heterocycles. The van der Waals surface area contributed by atoms with E-state index in [0.717, 1.165) is 0 Å². The fraction of sp³-hybridized carbons (Fsp3) is 0.286. The van der Waals surface area contributed by atoms with Crippen LogP contribution < -0.4 is 0 Å². The maximum atomic E-state index is 10.6. The zero-order valence-electron chi connectivity index (χ0n) is 6.58. The van der Waals surface area contributed by atoms with E-state index < -0.39 is 11.7 Å². The standard InChI is InChI=1S/C7H7N3O3/c11-5(12)7(13)4-10-3-1-2-8-6(10)9-7/h1-3,13H,4H2,(H,11,12). The lowest BCUT2D eigenvalue weighted by molar-refractivity contribution is -0.156. The Bertz CT molecular complexity index is 347. The van der Waals surface area contributed by atoms with Crippen LogP contribution in [-0.4, -0.2) is 45.5 Å². The van der Waals surface area contributed by atoms with E-state index in [-0.39, 0.29) is 12.5 Å². The van der Waals surface area contributed by atoms with E-state index in [1.807, 2.05) is 0 Å². The molecule has 0 fully saturated rings. The molecule has 0 saturated heterocycles. The Morgan fingerprint density at radius 2 is 2.46 bits per heavy atom. The highest BCUT2D eigenvalue weighted by molar-refractivity contribution is 5.98. The van der Waals surface area contributed by atoms with Gasteiger partial charge in [0, 0.05) is 12.4 Å². The van der Waals surface area contributed by atoms with Crippen LogP contribution in [0.1, 0.15) is 0 Å². The molecule has 2 N–H and O–H groups in total. The number of nitrogens with zero attached hydrogens (tertiary/aromatic N) is 3. The van der Waals surface area contributed by atoms with Crippen LogP contribution in [0.3, 0.4) is 0 Å². The van der Waals surface area contributed by atoms with Crippen molar-refractivity contribution in [3.05, 3.63) is 12.3 Å². The van der Waals surface area contributed by atoms with Gasteiger partial charge >= 0.3 is 5.97 Å². The van der Waals surface area contributed by atoms with Crippen LogP contribution in [0.15, 0.2) is 22.3 Å². The summed E-state index contributed by atoms with van der Waals surface area (Å²) in [6.07, 6.45) is 4.75. The molecule has 2 rings (SSSR count). The molecule has 1 unspecified atom stereocenters. The Labute approximate surface area is 73.5 Å². The summed E-state index contributed by atoms with van der Waals surface area (Å²) in [5, 5.41) is 18.1. The van der Waals surface area contributed by atoms with Crippen molar-refractivity contribution in [3.8, 4) is 0 Å². The van der Waals surface area contributed by atoms with E-state index in [4.69, 9.17) is 5.11 Å². The van der Waals surface area contributed by atoms with Crippen LogP contribution in [0, 0.1) is 0 Å². The first kappa shape index (κ1) is 7.93. The number of aliphatic carboxylic acids is 1. The van der Waals surface area contributed by atoms with Crippen molar-refractivity contribution < 1.29 is 15.0 Å². The molecule has 13 heavy (non-hydrogen) atoms. The summed E-state index contributed by atoms with van der Waals surface area (Å²) in [6, 6.07) is 0. The zero-order chi connectivity index (χ0) is 9.47. The van der Waals surface area contributed by atoms with Crippen LogP contribution in [0.2, 0.25) is 0 Å². The third kappa shape index (κ3) is 1.11. The van der Waals surface area contributed by atoms with Crippen LogP contribution >= 0.6 is 0 Å². The largest absolute Gasteiger partial charge is 0.478 e. The van der Waals surface area contributed by atoms with E-state index in [2.05, 4.69) is 9.98 Å². The molecule has 68 valence electrons. The second-order valence-electron chi connectivity index (χ2n) is 2.78. The fourth-order valence-electron chi connectivity index (χ4n) is 1.16. The van der Waals surface area contributed by atoms with Gasteiger partial charge in [-0.05, 0) is 6.08 Å². The minimum absolute atomic E-state index is 0.0918. The number of carbonyl (C=O) groups is 1. The van der Waals surface area contributed by atoms with Gasteiger partial charge in [-0.25, -0.2) is 14.8 Å². The zero-order valence-corrected chi connectivity index (χ0v) is 6.58. The third-order valence-electron chi connectivity index (χ3n) is 1.82. The quantitative estimate of drug-likeness (QED) is 0.545. The number of hydrogen-bond acceptors (Lipinski definition) is 5. The number of hydrogen-bond donors (Lipinski definition) is 2. The Balaban J connectivity index is 2.34. The number of carboxylic acids is 1. The fourth-order valence-corrected chi connectivity index (χ4v) is 1.16. The maximum Gasteiger partial charge on any atom is 0.361 e. The summed E-state index contributed by atoms with van der Waals surface area (Å²) in [6.45, 7) is -0.0918. The molecule has 6 heteroatoms. The van der Waals surface area contributed by atoms with Crippen molar-refractivity contribution in [2.75, 3.05) is 6.54 Å². The van der Waals surface area contributed by atoms with Crippen molar-refractivity contribution in [2.24, 2.45) is 9.98 Å². The molecule has 1 atom stereocenters. The highest BCUT2D eigenvalue weighted by atomic mass is 16.4. The van der Waals surface area contributed by atoms with Gasteiger partial charge in [-0.3, -0.25) is 0 Å². The first-order chi connectivity index (χ1) is 6.12. The minimum Gasteiger partial charge on any atom is -0.478 e. The van der Waals surface area contributed by atoms with Crippen molar-refractivity contribution in [3.63, 3.8) is 0 Å². The van der Waals surface area contributed by atoms with E-state index in [1.54, 1.807) is 12.3 Å². The molecule has 2 aliphatic heterocycles. The van der Waals surface area contributed by atoms with E-state index in [1.165, 1.54) is 11.1 Å². The summed E-state index contributed by atoms with van der Waals surface area (Å²) in [4.78, 5) is 19.5. The molecule has 2 aliphatic rings. The van der Waals surface area contributed by atoms with Crippen LogP contribution in [0.25, 0.3) is 0 Å². The number of carboxylic acid groups (broad SMARTS) is 1. The molecule has 0 saturated carbocycles. The lowest BCUT2D eigenvalue weighted by Gasteiger charge is -2.16. The van der Waals surface area contributed by atoms with Gasteiger partial charge in [0.15, 0.2) is 0 Å². The minimum atomic E-state index is -2.05. The molecule has 0 amide bonds. The van der Waals surface area contributed by atoms with Crippen molar-refractivity contribution in [1.29, 1.82) is 0 Å². The molecule has 0 aliphatic carbocycles. The number of rotatable bonds is 1. The number of guanidine groups is 1. The summed E-state index contributed by atoms with van der Waals surface area (Å²) in [5.74, 6) is -1.13. The predicted octanol–water partition coefficient (Wildman–Crippen LogP) is -0.971. The number of allylic oxidation sites excluding steroid dienone is 1. The van der Waals surface area contributed by atoms with Crippen molar-refractivity contribution >= 4 is 18.1 Å². The van der Waals surface area contributed by atoms with Gasteiger partial charge in [-0.2, -0.15) is 0 Å². The SMILES string of the molecule is O=C(O)C1(O)CN2C=CC=NC2=N1. The first-order valence-electron chi connectivity index (χ1n) is 3.65. The monoisotopic (exact) mass is 181 g/mol. The van der Waals surface area contributed by atoms with Crippen molar-refractivity contribution in [2.45, 2.75) is 5.72 Å². The predicted molar refractivity (Wildman–Crippen MR) is 44.4 cm³/mol. The average molecular weight is 181 g/mol. The Hall–Kier alpha value is -1.69. The number of aliphatic imine (C=N–C) groups is 2. The highest BCUT2D eigenvalue weighted by Gasteiger charge is 2.44. The second-order valence-corrected chi connectivity index (χ2v) is 2.78. The Kier molecular flexibility index (Phi) is 1.46. The highest BCUT2D eigenvalue weighted by Crippen LogP contribution is 2.20. The first-order valence-corrected chi connectivity index (χ1v) is 3.65. The lowest BCUT2D eigenvalue weighted by atomic mass is 10.2. The van der Waals surface area contributed by atoms with E-state index >= 15 is 0 Å². The van der Waals surface area contributed by atoms with Gasteiger partial charge in [-0.15, -0.1) is 0 Å². The van der Waals surface area contributed by atoms with Crippen LogP contribution in [0.5, 0.6) is 0 Å². The molecule has 6 nitrogen and oxygen atoms in total. The lowest BCUT2D eigenvalue weighted by Crippen LogP contribution is -2.41. The van der Waals surface area contributed by atoms with Gasteiger partial charge in [-0.1, -0.05) is 0 Å². The Morgan fingerprint density at radius 1 is 1.69 bits per heavy atom. The maximum absolute atomic E-state index is 10.6. The normalized spacial score (nSPS) is 30.2. The van der Waals surface area contributed by atoms with Gasteiger partial charge < -0.3 is 15.1 Å². The summed E-state index contributed by atoms with van der Waals surface area (Å²) in [5.41, 5.74) is -2.05. The molecule has 0 spiro atoms. The summed E-state index contributed by atoms with van der Waals surface area (Å²) in [7, 11) is 0. The van der Waals surface area contributed by atoms with Gasteiger partial charge in [0.1, 0.15) is 0 Å². The van der Waals surface area contributed by atoms with Gasteiger partial charge in [0.2, 0.25) is 5.96 Å². The molecule has 0 bridgehead atoms. The van der Waals surface area contributed by atoms with E-state index in [9.17, 15) is 9.90 Å². The van der Waals surface area contributed by atoms with Crippen LogP contribution in [-0.2, 0) is 4.79 Å². The third-order valence-corrected chi connectivity index (χ3v) is 1.82. The second kappa shape index (κ2) is 2.40. The van der Waals surface area contributed by atoms with E-state index in [0.29, 0.717) is 0 Å². The molecule has 0 radical (unpaired) electrons. The average Bonchev–Trinajstić information content (AvgIpc) is 2.42. The topological polar surface area (TPSA) is 85.5 Å². The molecular formula is C7H7N3O3.